The Bertz CT molecular complexity index is 1780. The summed E-state index contributed by atoms with van der Waals surface area (Å²) in [6.07, 6.45) is 1.58. The quantitative estimate of drug-likeness (QED) is 0.127. The number of benzene rings is 2. The Hall–Kier alpha value is -4.74. The van der Waals surface area contributed by atoms with Crippen LogP contribution in [0.15, 0.2) is 42.5 Å². The van der Waals surface area contributed by atoms with Gasteiger partial charge in [-0.15, -0.1) is 0 Å². The minimum Gasteiger partial charge on any atom is -0.394 e. The van der Waals surface area contributed by atoms with Gasteiger partial charge in [0.05, 0.1) is 19.1 Å². The van der Waals surface area contributed by atoms with Crippen LogP contribution in [0.3, 0.4) is 0 Å². The second-order valence-corrected chi connectivity index (χ2v) is 16.8. The van der Waals surface area contributed by atoms with Crippen LogP contribution in [-0.2, 0) is 40.0 Å². The Kier molecular flexibility index (Phi) is 20.8. The van der Waals surface area contributed by atoms with Gasteiger partial charge < -0.3 is 48.1 Å². The molecule has 332 valence electrons. The Labute approximate surface area is 357 Å². The van der Waals surface area contributed by atoms with Crippen LogP contribution < -0.4 is 38.1 Å². The summed E-state index contributed by atoms with van der Waals surface area (Å²) < 4.78 is 0. The van der Waals surface area contributed by atoms with E-state index in [0.717, 1.165) is 16.3 Å². The highest BCUT2D eigenvalue weighted by Crippen LogP contribution is 2.19. The summed E-state index contributed by atoms with van der Waals surface area (Å²) in [6, 6.07) is 7.02. The molecule has 7 amide bonds. The molecule has 1 aliphatic rings. The highest BCUT2D eigenvalue weighted by molar-refractivity contribution is 7.99. The van der Waals surface area contributed by atoms with Crippen molar-refractivity contribution in [3.63, 3.8) is 0 Å². The van der Waals surface area contributed by atoms with Gasteiger partial charge in [0.25, 0.3) is 0 Å². The average molecular weight is 855 g/mol. The van der Waals surface area contributed by atoms with Crippen LogP contribution in [0.2, 0.25) is 0 Å². The molecule has 2 aromatic carbocycles. The number of nitrogens with zero attached hydrogens (tertiary/aromatic N) is 1. The lowest BCUT2D eigenvalue weighted by Crippen LogP contribution is -2.62. The Morgan fingerprint density at radius 2 is 1.43 bits per heavy atom. The fourth-order valence-electron chi connectivity index (χ4n) is 7.14. The van der Waals surface area contributed by atoms with Gasteiger partial charge in [-0.1, -0.05) is 83.0 Å². The van der Waals surface area contributed by atoms with Gasteiger partial charge >= 0.3 is 0 Å². The van der Waals surface area contributed by atoms with E-state index in [2.05, 4.69) is 26.6 Å². The number of rotatable bonds is 15. The number of primary amides is 1. The van der Waals surface area contributed by atoms with Gasteiger partial charge in [0.15, 0.2) is 0 Å². The number of aliphatic hydroxyl groups excluding tert-OH is 1. The van der Waals surface area contributed by atoms with Crippen LogP contribution in [0.1, 0.15) is 85.1 Å². The van der Waals surface area contributed by atoms with Crippen LogP contribution in [-0.4, -0.2) is 119 Å². The predicted octanol–water partition coefficient (Wildman–Crippen LogP) is 1.25. The SMILES string of the molecule is CC[C@@H](C)[C@@H]1NC(=O)[C@H]([C@@H](C)CC)NC(=O)[C@@H](Cc2ccc3ccccc3c2)NC(=O)CCSCC[C@@H](C(=O)N(CC)[C@H](CO)CCCN)NC(=O)[C@H](CC(N)=O)NC1=O. The zero-order chi connectivity index (χ0) is 44.4. The molecular formula is C43H66N8O8S. The van der Waals surface area contributed by atoms with Gasteiger partial charge in [0.2, 0.25) is 41.4 Å². The summed E-state index contributed by atoms with van der Waals surface area (Å²) in [5.41, 5.74) is 12.1. The topological polar surface area (TPSA) is 255 Å². The van der Waals surface area contributed by atoms with Crippen LogP contribution >= 0.6 is 11.8 Å². The van der Waals surface area contributed by atoms with E-state index in [1.165, 1.54) is 16.7 Å². The Morgan fingerprint density at radius 3 is 2.03 bits per heavy atom. The number of fused-ring (bicyclic) bond motifs is 1. The Morgan fingerprint density at radius 1 is 0.817 bits per heavy atom. The first-order valence-electron chi connectivity index (χ1n) is 21.1. The summed E-state index contributed by atoms with van der Waals surface area (Å²) in [5.74, 6) is -4.81. The average Bonchev–Trinajstić information content (AvgIpc) is 3.23. The highest BCUT2D eigenvalue weighted by Gasteiger charge is 2.37. The van der Waals surface area contributed by atoms with Crippen molar-refractivity contribution in [1.82, 2.24) is 31.5 Å². The molecule has 0 aliphatic carbocycles. The molecule has 0 unspecified atom stereocenters. The summed E-state index contributed by atoms with van der Waals surface area (Å²) in [4.78, 5) is 97.7. The molecule has 16 nitrogen and oxygen atoms in total. The maximum atomic E-state index is 14.2. The second kappa shape index (κ2) is 25.1. The third-order valence-electron chi connectivity index (χ3n) is 11.2. The summed E-state index contributed by atoms with van der Waals surface area (Å²) >= 11 is 1.36. The molecule has 0 radical (unpaired) electrons. The van der Waals surface area contributed by atoms with E-state index >= 15 is 0 Å². The molecule has 0 spiro atoms. The lowest BCUT2D eigenvalue weighted by atomic mass is 9.94. The van der Waals surface area contributed by atoms with Crippen molar-refractivity contribution in [3.05, 3.63) is 48.0 Å². The molecule has 8 atom stereocenters. The van der Waals surface area contributed by atoms with Crippen molar-refractivity contribution in [3.8, 4) is 0 Å². The first kappa shape index (κ1) is 49.6. The molecule has 60 heavy (non-hydrogen) atoms. The molecule has 10 N–H and O–H groups in total. The molecule has 0 saturated carbocycles. The van der Waals surface area contributed by atoms with Crippen LogP contribution in [0, 0.1) is 11.8 Å². The van der Waals surface area contributed by atoms with Crippen molar-refractivity contribution in [2.75, 3.05) is 31.2 Å². The number of nitrogens with two attached hydrogens (primary N) is 2. The third kappa shape index (κ3) is 14.8. The molecule has 17 heteroatoms. The number of likely N-dealkylation sites (N-methyl/N-ethyl adjacent to an activating group) is 1. The van der Waals surface area contributed by atoms with Gasteiger partial charge in [-0.3, -0.25) is 33.6 Å². The molecule has 3 rings (SSSR count). The van der Waals surface area contributed by atoms with Gasteiger partial charge in [-0.05, 0) is 66.7 Å². The highest BCUT2D eigenvalue weighted by atomic mass is 32.2. The molecule has 1 aliphatic heterocycles. The first-order chi connectivity index (χ1) is 28.7. The number of thioether (sulfide) groups is 1. The number of hydrogen-bond acceptors (Lipinski definition) is 10. The van der Waals surface area contributed by atoms with Gasteiger partial charge in [0, 0.05) is 25.1 Å². The van der Waals surface area contributed by atoms with E-state index in [-0.39, 0.29) is 32.4 Å². The summed E-state index contributed by atoms with van der Waals surface area (Å²) in [7, 11) is 0. The van der Waals surface area contributed by atoms with E-state index in [4.69, 9.17) is 11.5 Å². The van der Waals surface area contributed by atoms with E-state index in [0.29, 0.717) is 43.7 Å². The largest absolute Gasteiger partial charge is 0.394 e. The van der Waals surface area contributed by atoms with Crippen LogP contribution in [0.25, 0.3) is 10.8 Å². The standard InChI is InChI=1S/C43H66N8O8S/c1-6-26(4)37-41(57)48-34(24-35(45)53)39(55)47-32(43(59)51(8-3)31(25-52)14-11-19-44)17-20-60-21-18-36(54)46-33(40(56)49-38(27(5)7-2)42(58)50-37)23-28-15-16-29-12-9-10-13-30(29)22-28/h9-10,12-13,15-16,22,26-27,31-34,37-38,52H,6-8,11,14,17-21,23-25,44H2,1-5H3,(H2,45,53)(H,46,54)(H,47,55)(H,48,57)(H,49,56)(H,50,58)/t26-,27+,31+,32+,33-,34+,37+,38+/m1/s1. The maximum absolute atomic E-state index is 14.2. The second-order valence-electron chi connectivity index (χ2n) is 15.6. The monoisotopic (exact) mass is 854 g/mol. The number of amides is 7. The van der Waals surface area contributed by atoms with E-state index < -0.39 is 95.9 Å². The summed E-state index contributed by atoms with van der Waals surface area (Å²) in [6.45, 7) is 9.22. The molecular weight excluding hydrogens is 789 g/mol. The fourth-order valence-corrected chi connectivity index (χ4v) is 8.08. The molecule has 2 aromatic rings. The fraction of sp³-hybridized carbons (Fsp3) is 0.605. The van der Waals surface area contributed by atoms with Crippen molar-refractivity contribution in [2.24, 2.45) is 23.3 Å². The van der Waals surface area contributed by atoms with Crippen LogP contribution in [0.4, 0.5) is 0 Å². The number of nitrogens with one attached hydrogen (secondary N) is 5. The molecule has 1 saturated heterocycles. The van der Waals surface area contributed by atoms with Crippen molar-refractivity contribution in [2.45, 2.75) is 122 Å². The van der Waals surface area contributed by atoms with E-state index in [1.54, 1.807) is 20.8 Å². The zero-order valence-corrected chi connectivity index (χ0v) is 36.5. The van der Waals surface area contributed by atoms with Crippen LogP contribution in [0.5, 0.6) is 0 Å². The summed E-state index contributed by atoms with van der Waals surface area (Å²) in [5, 5.41) is 26.1. The molecule has 1 fully saturated rings. The smallest absolute Gasteiger partial charge is 0.245 e. The van der Waals surface area contributed by atoms with Gasteiger partial charge in [-0.2, -0.15) is 11.8 Å². The van der Waals surface area contributed by atoms with E-state index in [9.17, 15) is 38.7 Å². The van der Waals surface area contributed by atoms with Crippen molar-refractivity contribution < 1.29 is 38.7 Å². The number of hydrogen-bond donors (Lipinski definition) is 8. The third-order valence-corrected chi connectivity index (χ3v) is 12.2. The lowest BCUT2D eigenvalue weighted by molar-refractivity contribution is -0.140. The lowest BCUT2D eigenvalue weighted by Gasteiger charge is -2.34. The number of carbonyl (C=O) groups is 7. The Balaban J connectivity index is 2.05. The van der Waals surface area contributed by atoms with Crippen molar-refractivity contribution >= 4 is 63.9 Å². The maximum Gasteiger partial charge on any atom is 0.245 e. The number of aliphatic hydroxyl groups is 1. The first-order valence-corrected chi connectivity index (χ1v) is 22.3. The minimum absolute atomic E-state index is 0.0302. The van der Waals surface area contributed by atoms with E-state index in [1.807, 2.05) is 56.3 Å². The van der Waals surface area contributed by atoms with Gasteiger partial charge in [-0.25, -0.2) is 0 Å². The molecule has 0 bridgehead atoms. The predicted molar refractivity (Wildman–Crippen MR) is 233 cm³/mol. The minimum atomic E-state index is -1.50. The molecule has 0 aromatic heterocycles. The zero-order valence-electron chi connectivity index (χ0n) is 35.7. The number of carbonyl (C=O) groups excluding carboxylic acids is 7. The molecule has 1 heterocycles. The van der Waals surface area contributed by atoms with Crippen molar-refractivity contribution in [1.29, 1.82) is 0 Å². The van der Waals surface area contributed by atoms with Gasteiger partial charge in [0.1, 0.15) is 30.2 Å². The normalized spacial score (nSPS) is 23.2.